The van der Waals surface area contributed by atoms with E-state index < -0.39 is 9.84 Å². The maximum atomic E-state index is 12.1. The van der Waals surface area contributed by atoms with Gasteiger partial charge in [-0.05, 0) is 17.9 Å². The number of nitrogens with two attached hydrogens (primary N) is 1. The molecule has 0 amide bonds. The van der Waals surface area contributed by atoms with Gasteiger partial charge in [-0.15, -0.1) is 11.3 Å². The largest absolute Gasteiger partial charge is 0.383 e. The van der Waals surface area contributed by atoms with Crippen LogP contribution in [0.15, 0.2) is 21.3 Å². The second kappa shape index (κ2) is 4.18. The normalized spacial score (nSPS) is 23.3. The van der Waals surface area contributed by atoms with E-state index in [4.69, 9.17) is 5.73 Å². The van der Waals surface area contributed by atoms with Crippen LogP contribution in [0.3, 0.4) is 0 Å². The number of nitrogens with zero attached hydrogens (tertiary/aromatic N) is 1. The minimum absolute atomic E-state index is 0.0747. The Hall–Kier alpha value is -0.880. The van der Waals surface area contributed by atoms with E-state index >= 15 is 0 Å². The molecule has 1 aliphatic heterocycles. The predicted octanol–water partition coefficient (Wildman–Crippen LogP) is 1.41. The number of rotatable bonds is 2. The lowest BCUT2D eigenvalue weighted by atomic mass is 10.2. The third-order valence-electron chi connectivity index (χ3n) is 2.55. The summed E-state index contributed by atoms with van der Waals surface area (Å²) in [5.74, 6) is 0.440. The number of thiophene rings is 1. The summed E-state index contributed by atoms with van der Waals surface area (Å²) in [6.45, 7) is 2.01. The zero-order valence-corrected chi connectivity index (χ0v) is 10.6. The molecule has 1 atom stereocenters. The molecule has 1 aliphatic rings. The second-order valence-electron chi connectivity index (χ2n) is 3.85. The van der Waals surface area contributed by atoms with Crippen LogP contribution in [0.2, 0.25) is 0 Å². The van der Waals surface area contributed by atoms with Crippen molar-refractivity contribution in [2.75, 3.05) is 5.75 Å². The molecule has 88 valence electrons. The number of fused-ring (bicyclic) bond motifs is 1. The summed E-state index contributed by atoms with van der Waals surface area (Å²) in [4.78, 5) is 5.24. The summed E-state index contributed by atoms with van der Waals surface area (Å²) in [5, 5.41) is 1.74. The minimum Gasteiger partial charge on any atom is -0.383 e. The van der Waals surface area contributed by atoms with Gasteiger partial charge < -0.3 is 5.73 Å². The van der Waals surface area contributed by atoms with Crippen molar-refractivity contribution in [3.63, 3.8) is 0 Å². The molecule has 0 bridgehead atoms. The van der Waals surface area contributed by atoms with Crippen molar-refractivity contribution in [3.8, 4) is 0 Å². The quantitative estimate of drug-likeness (QED) is 0.871. The van der Waals surface area contributed by atoms with Gasteiger partial charge in [0.2, 0.25) is 0 Å². The Kier molecular flexibility index (Phi) is 3.03. The second-order valence-corrected chi connectivity index (χ2v) is 6.77. The van der Waals surface area contributed by atoms with Gasteiger partial charge in [-0.2, -0.15) is 0 Å². The van der Waals surface area contributed by atoms with Crippen molar-refractivity contribution >= 4 is 27.0 Å². The Morgan fingerprint density at radius 3 is 3.06 bits per heavy atom. The van der Waals surface area contributed by atoms with Gasteiger partial charge in [-0.25, -0.2) is 8.42 Å². The van der Waals surface area contributed by atoms with Gasteiger partial charge in [0.25, 0.3) is 0 Å². The van der Waals surface area contributed by atoms with Crippen LogP contribution in [0.4, 0.5) is 0 Å². The molecule has 6 heteroatoms. The first-order valence-corrected chi connectivity index (χ1v) is 7.71. The first-order valence-electron chi connectivity index (χ1n) is 5.18. The third-order valence-corrected chi connectivity index (χ3v) is 5.45. The molecule has 1 aromatic rings. The van der Waals surface area contributed by atoms with Crippen molar-refractivity contribution < 1.29 is 8.42 Å². The predicted molar refractivity (Wildman–Crippen MR) is 65.8 cm³/mol. The molecule has 1 unspecified atom stereocenters. The van der Waals surface area contributed by atoms with E-state index in [1.807, 2.05) is 6.92 Å². The van der Waals surface area contributed by atoms with Crippen molar-refractivity contribution in [3.05, 3.63) is 16.3 Å². The van der Waals surface area contributed by atoms with Crippen LogP contribution < -0.4 is 5.73 Å². The van der Waals surface area contributed by atoms with Gasteiger partial charge in [-0.3, -0.25) is 4.99 Å². The molecule has 16 heavy (non-hydrogen) atoms. The molecule has 0 saturated carbocycles. The molecule has 0 radical (unpaired) electrons. The molecular formula is C10H14N2O2S2. The summed E-state index contributed by atoms with van der Waals surface area (Å²) in [6, 6.07) is 1.42. The highest BCUT2D eigenvalue weighted by Crippen LogP contribution is 2.27. The van der Waals surface area contributed by atoms with Gasteiger partial charge in [-0.1, -0.05) is 13.3 Å². The Morgan fingerprint density at radius 1 is 1.62 bits per heavy atom. The summed E-state index contributed by atoms with van der Waals surface area (Å²) >= 11 is 1.33. The van der Waals surface area contributed by atoms with E-state index in [0.717, 1.165) is 12.8 Å². The van der Waals surface area contributed by atoms with Crippen molar-refractivity contribution in [1.82, 2.24) is 0 Å². The number of sulfone groups is 1. The molecule has 1 aromatic heterocycles. The average molecular weight is 258 g/mol. The summed E-state index contributed by atoms with van der Waals surface area (Å²) in [6.07, 6.45) is 1.67. The van der Waals surface area contributed by atoms with E-state index in [2.05, 4.69) is 4.99 Å². The zero-order chi connectivity index (χ0) is 11.8. The molecule has 2 heterocycles. The molecule has 2 rings (SSSR count). The van der Waals surface area contributed by atoms with Gasteiger partial charge in [0.15, 0.2) is 9.84 Å². The van der Waals surface area contributed by atoms with Crippen LogP contribution in [0.1, 0.15) is 24.6 Å². The van der Waals surface area contributed by atoms with E-state index in [9.17, 15) is 8.42 Å². The van der Waals surface area contributed by atoms with Gasteiger partial charge in [0.05, 0.1) is 21.6 Å². The first-order chi connectivity index (χ1) is 7.54. The van der Waals surface area contributed by atoms with Crippen molar-refractivity contribution in [2.24, 2.45) is 10.7 Å². The highest BCUT2D eigenvalue weighted by atomic mass is 32.2. The lowest BCUT2D eigenvalue weighted by Gasteiger charge is -2.08. The standard InChI is InChI=1S/C10H14N2O2S2/c1-2-3-7-6-16(13,14)8-4-5-15-9(8)10(11)12-7/h4-5,7H,2-3,6H2,1H3,(H2,11,12). The summed E-state index contributed by atoms with van der Waals surface area (Å²) < 4.78 is 24.1. The summed E-state index contributed by atoms with van der Waals surface area (Å²) in [5.41, 5.74) is 5.83. The molecule has 0 fully saturated rings. The molecular weight excluding hydrogens is 244 g/mol. The fourth-order valence-corrected chi connectivity index (χ4v) is 4.74. The van der Waals surface area contributed by atoms with Gasteiger partial charge in [0.1, 0.15) is 5.84 Å². The maximum Gasteiger partial charge on any atom is 0.182 e. The van der Waals surface area contributed by atoms with Gasteiger partial charge >= 0.3 is 0 Å². The van der Waals surface area contributed by atoms with Crippen LogP contribution in [-0.4, -0.2) is 26.0 Å². The topological polar surface area (TPSA) is 72.5 Å². The molecule has 0 spiro atoms. The van der Waals surface area contributed by atoms with E-state index in [0.29, 0.717) is 15.6 Å². The smallest absolute Gasteiger partial charge is 0.182 e. The monoisotopic (exact) mass is 258 g/mol. The lowest BCUT2D eigenvalue weighted by molar-refractivity contribution is 0.580. The first kappa shape index (κ1) is 11.6. The van der Waals surface area contributed by atoms with Crippen LogP contribution >= 0.6 is 11.3 Å². The van der Waals surface area contributed by atoms with Crippen LogP contribution in [-0.2, 0) is 9.84 Å². The Labute approximate surface area is 99.1 Å². The van der Waals surface area contributed by atoms with Crippen LogP contribution in [0.25, 0.3) is 0 Å². The highest BCUT2D eigenvalue weighted by molar-refractivity contribution is 7.91. The van der Waals surface area contributed by atoms with Crippen molar-refractivity contribution in [2.45, 2.75) is 30.7 Å². The third kappa shape index (κ3) is 1.99. The Bertz CT molecular complexity index is 517. The lowest BCUT2D eigenvalue weighted by Crippen LogP contribution is -2.19. The van der Waals surface area contributed by atoms with Crippen LogP contribution in [0, 0.1) is 0 Å². The molecule has 4 nitrogen and oxygen atoms in total. The fourth-order valence-electron chi connectivity index (χ4n) is 1.85. The SMILES string of the molecule is CCCC1CS(=O)(=O)c2ccsc2C(N)=N1. The molecule has 0 aromatic carbocycles. The Morgan fingerprint density at radius 2 is 2.38 bits per heavy atom. The number of aliphatic imine (C=N–C) groups is 1. The zero-order valence-electron chi connectivity index (χ0n) is 9.01. The van der Waals surface area contributed by atoms with Crippen LogP contribution in [0.5, 0.6) is 0 Å². The summed E-state index contributed by atoms with van der Waals surface area (Å²) in [7, 11) is -3.22. The average Bonchev–Trinajstić information content (AvgIpc) is 2.62. The Balaban J connectivity index is 2.50. The molecule has 0 aliphatic carbocycles. The van der Waals surface area contributed by atoms with E-state index in [-0.39, 0.29) is 11.8 Å². The van der Waals surface area contributed by atoms with Crippen molar-refractivity contribution in [1.29, 1.82) is 0 Å². The van der Waals surface area contributed by atoms with Gasteiger partial charge in [0, 0.05) is 0 Å². The molecule has 2 N–H and O–H groups in total. The fraction of sp³-hybridized carbons (Fsp3) is 0.500. The highest BCUT2D eigenvalue weighted by Gasteiger charge is 2.28. The number of hydrogen-bond donors (Lipinski definition) is 1. The number of hydrogen-bond acceptors (Lipinski definition) is 5. The molecule has 0 saturated heterocycles. The maximum absolute atomic E-state index is 12.1. The van der Waals surface area contributed by atoms with E-state index in [1.165, 1.54) is 11.3 Å². The minimum atomic E-state index is -3.22. The van der Waals surface area contributed by atoms with E-state index in [1.54, 1.807) is 11.4 Å². The number of amidine groups is 1.